The van der Waals surface area contributed by atoms with Crippen LogP contribution in [0.5, 0.6) is 0 Å². The Labute approximate surface area is 129 Å². The highest BCUT2D eigenvalue weighted by molar-refractivity contribution is 6.43. The fourth-order valence-corrected chi connectivity index (χ4v) is 1.79. The van der Waals surface area contributed by atoms with Gasteiger partial charge in [0.05, 0.1) is 15.7 Å². The van der Waals surface area contributed by atoms with Gasteiger partial charge in [0, 0.05) is 6.42 Å². The van der Waals surface area contributed by atoms with Crippen molar-refractivity contribution in [2.45, 2.75) is 18.9 Å². The molecule has 0 aromatic heterocycles. The Bertz CT molecular complexity index is 565. The number of benzene rings is 1. The summed E-state index contributed by atoms with van der Waals surface area (Å²) in [5.41, 5.74) is 0.212. The van der Waals surface area contributed by atoms with Crippen LogP contribution < -0.4 is 10.6 Å². The van der Waals surface area contributed by atoms with Gasteiger partial charge in [0.25, 0.3) is 0 Å². The van der Waals surface area contributed by atoms with E-state index in [1.807, 2.05) is 0 Å². The molecule has 0 saturated heterocycles. The van der Waals surface area contributed by atoms with E-state index in [1.165, 1.54) is 12.1 Å². The van der Waals surface area contributed by atoms with Crippen molar-refractivity contribution in [3.8, 4) is 0 Å². The Kier molecular flexibility index (Phi) is 6.26. The molecule has 1 rings (SSSR count). The molecule has 114 valence electrons. The lowest BCUT2D eigenvalue weighted by atomic mass is 10.1. The number of rotatable bonds is 6. The maximum absolute atomic E-state index is 11.7. The molecule has 0 bridgehead atoms. The van der Waals surface area contributed by atoms with Gasteiger partial charge in [-0.15, -0.1) is 0 Å². The monoisotopic (exact) mass is 334 g/mol. The Balaban J connectivity index is 2.67. The largest absolute Gasteiger partial charge is 0.481 e. The van der Waals surface area contributed by atoms with Crippen LogP contribution in [0.3, 0.4) is 0 Å². The molecule has 7 nitrogen and oxygen atoms in total. The number of nitrogens with one attached hydrogen (secondary N) is 2. The number of hydrogen-bond donors (Lipinski definition) is 4. The summed E-state index contributed by atoms with van der Waals surface area (Å²) in [6, 6.07) is 2.43. The summed E-state index contributed by atoms with van der Waals surface area (Å²) >= 11 is 11.6. The minimum atomic E-state index is -1.33. The van der Waals surface area contributed by atoms with E-state index in [4.69, 9.17) is 33.4 Å². The Morgan fingerprint density at radius 2 is 1.86 bits per heavy atom. The van der Waals surface area contributed by atoms with Gasteiger partial charge in [-0.05, 0) is 18.6 Å². The van der Waals surface area contributed by atoms with Crippen LogP contribution >= 0.6 is 23.2 Å². The average Bonchev–Trinajstić information content (AvgIpc) is 2.39. The van der Waals surface area contributed by atoms with E-state index in [2.05, 4.69) is 10.6 Å². The van der Waals surface area contributed by atoms with Crippen molar-refractivity contribution in [1.29, 1.82) is 0 Å². The van der Waals surface area contributed by atoms with E-state index in [0.29, 0.717) is 0 Å². The van der Waals surface area contributed by atoms with Gasteiger partial charge >= 0.3 is 18.0 Å². The van der Waals surface area contributed by atoms with Crippen LogP contribution in [0.4, 0.5) is 10.5 Å². The standard InChI is InChI=1S/C12H12Cl2N2O5/c13-6-2-1-3-7(10(6)14)15-12(21)16-8(11(19)20)4-5-9(17)18/h1-3,8H,4-5H2,(H,17,18)(H,19,20)(H2,15,16,21)/t8-/m0/s1. The Morgan fingerprint density at radius 3 is 2.43 bits per heavy atom. The first-order chi connectivity index (χ1) is 9.81. The van der Waals surface area contributed by atoms with E-state index >= 15 is 0 Å². The predicted octanol–water partition coefficient (Wildman–Crippen LogP) is 2.43. The molecule has 0 aliphatic heterocycles. The highest BCUT2D eigenvalue weighted by Crippen LogP contribution is 2.29. The molecule has 9 heteroatoms. The number of amides is 2. The number of anilines is 1. The second kappa shape index (κ2) is 7.70. The third-order valence-corrected chi connectivity index (χ3v) is 3.27. The number of carboxylic acids is 2. The van der Waals surface area contributed by atoms with Crippen LogP contribution in [-0.2, 0) is 9.59 Å². The summed E-state index contributed by atoms with van der Waals surface area (Å²) in [7, 11) is 0. The highest BCUT2D eigenvalue weighted by atomic mass is 35.5. The van der Waals surface area contributed by atoms with Gasteiger partial charge in [-0.3, -0.25) is 4.79 Å². The molecule has 1 aromatic rings. The number of carbonyl (C=O) groups excluding carboxylic acids is 1. The molecule has 2 amide bonds. The summed E-state index contributed by atoms with van der Waals surface area (Å²) in [6.45, 7) is 0. The van der Waals surface area contributed by atoms with Crippen LogP contribution in [0.25, 0.3) is 0 Å². The van der Waals surface area contributed by atoms with Crippen LogP contribution in [0.2, 0.25) is 10.0 Å². The van der Waals surface area contributed by atoms with Crippen LogP contribution in [-0.4, -0.2) is 34.2 Å². The van der Waals surface area contributed by atoms with Crippen molar-refractivity contribution in [1.82, 2.24) is 5.32 Å². The van der Waals surface area contributed by atoms with E-state index < -0.39 is 24.0 Å². The summed E-state index contributed by atoms with van der Waals surface area (Å²) in [6.07, 6.45) is -0.615. The molecule has 0 aliphatic rings. The van der Waals surface area contributed by atoms with Crippen molar-refractivity contribution in [2.75, 3.05) is 5.32 Å². The van der Waals surface area contributed by atoms with Crippen molar-refractivity contribution in [3.05, 3.63) is 28.2 Å². The first kappa shape index (κ1) is 17.1. The molecule has 1 aromatic carbocycles. The van der Waals surface area contributed by atoms with Crippen molar-refractivity contribution in [3.63, 3.8) is 0 Å². The van der Waals surface area contributed by atoms with Gasteiger partial charge < -0.3 is 20.8 Å². The lowest BCUT2D eigenvalue weighted by molar-refractivity contribution is -0.140. The maximum Gasteiger partial charge on any atom is 0.326 e. The fourth-order valence-electron chi connectivity index (χ4n) is 1.44. The molecule has 0 aliphatic carbocycles. The van der Waals surface area contributed by atoms with Crippen molar-refractivity contribution < 1.29 is 24.6 Å². The van der Waals surface area contributed by atoms with E-state index in [0.717, 1.165) is 0 Å². The second-order valence-corrected chi connectivity index (χ2v) is 4.81. The zero-order valence-corrected chi connectivity index (χ0v) is 12.1. The Morgan fingerprint density at radius 1 is 1.19 bits per heavy atom. The van der Waals surface area contributed by atoms with E-state index in [1.54, 1.807) is 6.07 Å². The normalized spacial score (nSPS) is 11.5. The minimum Gasteiger partial charge on any atom is -0.481 e. The third kappa shape index (κ3) is 5.49. The number of carbonyl (C=O) groups is 3. The smallest absolute Gasteiger partial charge is 0.326 e. The lowest BCUT2D eigenvalue weighted by Crippen LogP contribution is -2.43. The topological polar surface area (TPSA) is 116 Å². The maximum atomic E-state index is 11.7. The quantitative estimate of drug-likeness (QED) is 0.637. The third-order valence-electron chi connectivity index (χ3n) is 2.45. The molecule has 21 heavy (non-hydrogen) atoms. The van der Waals surface area contributed by atoms with Gasteiger partial charge in [-0.25, -0.2) is 9.59 Å². The summed E-state index contributed by atoms with van der Waals surface area (Å²) in [5, 5.41) is 22.3. The van der Waals surface area contributed by atoms with E-state index in [-0.39, 0.29) is 28.6 Å². The number of urea groups is 1. The van der Waals surface area contributed by atoms with Crippen LogP contribution in [0.15, 0.2) is 18.2 Å². The molecule has 0 radical (unpaired) electrons. The van der Waals surface area contributed by atoms with E-state index in [9.17, 15) is 14.4 Å². The second-order valence-electron chi connectivity index (χ2n) is 4.02. The molecule has 1 atom stereocenters. The minimum absolute atomic E-state index is 0.117. The van der Waals surface area contributed by atoms with Crippen molar-refractivity contribution in [2.24, 2.45) is 0 Å². The number of aliphatic carboxylic acids is 2. The van der Waals surface area contributed by atoms with Gasteiger partial charge in [0.2, 0.25) is 0 Å². The van der Waals surface area contributed by atoms with Crippen LogP contribution in [0.1, 0.15) is 12.8 Å². The Hall–Kier alpha value is -1.99. The summed E-state index contributed by atoms with van der Waals surface area (Å²) in [4.78, 5) is 33.1. The first-order valence-electron chi connectivity index (χ1n) is 5.77. The number of halogens is 2. The van der Waals surface area contributed by atoms with Gasteiger partial charge in [-0.1, -0.05) is 29.3 Å². The molecule has 0 heterocycles. The van der Waals surface area contributed by atoms with Gasteiger partial charge in [0.1, 0.15) is 6.04 Å². The van der Waals surface area contributed by atoms with Crippen LogP contribution in [0, 0.1) is 0 Å². The molecule has 0 unspecified atom stereocenters. The zero-order chi connectivity index (χ0) is 16.0. The molecular weight excluding hydrogens is 323 g/mol. The zero-order valence-electron chi connectivity index (χ0n) is 10.6. The number of hydrogen-bond acceptors (Lipinski definition) is 3. The average molecular weight is 335 g/mol. The molecule has 0 saturated carbocycles. The van der Waals surface area contributed by atoms with Crippen molar-refractivity contribution >= 4 is 46.9 Å². The predicted molar refractivity (Wildman–Crippen MR) is 76.9 cm³/mol. The first-order valence-corrected chi connectivity index (χ1v) is 6.53. The molecule has 4 N–H and O–H groups in total. The molecule has 0 spiro atoms. The lowest BCUT2D eigenvalue weighted by Gasteiger charge is -2.15. The SMILES string of the molecule is O=C(O)CC[C@H](NC(=O)Nc1cccc(Cl)c1Cl)C(=O)O. The van der Waals surface area contributed by atoms with Gasteiger partial charge in [-0.2, -0.15) is 0 Å². The summed E-state index contributed by atoms with van der Waals surface area (Å²) in [5.74, 6) is -2.48. The fraction of sp³-hybridized carbons (Fsp3) is 0.250. The molecule has 0 fully saturated rings. The summed E-state index contributed by atoms with van der Waals surface area (Å²) < 4.78 is 0. The highest BCUT2D eigenvalue weighted by Gasteiger charge is 2.21. The van der Waals surface area contributed by atoms with Gasteiger partial charge in [0.15, 0.2) is 0 Å². The number of carboxylic acid groups (broad SMARTS) is 2. The molecular formula is C12H12Cl2N2O5.